The Labute approximate surface area is 123 Å². The minimum absolute atomic E-state index is 0.403. The lowest BCUT2D eigenvalue weighted by Crippen LogP contribution is -2.22. The topological polar surface area (TPSA) is 24.9 Å². The molecule has 4 heteroatoms. The number of thiazole rings is 1. The monoisotopic (exact) mass is 294 g/mol. The lowest BCUT2D eigenvalue weighted by atomic mass is 10.1. The van der Waals surface area contributed by atoms with Crippen LogP contribution in [0.1, 0.15) is 45.2 Å². The van der Waals surface area contributed by atoms with E-state index in [9.17, 15) is 0 Å². The van der Waals surface area contributed by atoms with Crippen LogP contribution in [0.2, 0.25) is 0 Å². The number of likely N-dealkylation sites (N-methyl/N-ethyl adjacent to an activating group) is 1. The summed E-state index contributed by atoms with van der Waals surface area (Å²) in [5.74, 6) is 0. The van der Waals surface area contributed by atoms with Crippen molar-refractivity contribution in [2.75, 3.05) is 6.54 Å². The summed E-state index contributed by atoms with van der Waals surface area (Å²) >= 11 is 3.75. The van der Waals surface area contributed by atoms with E-state index in [2.05, 4.69) is 50.1 Å². The molecule has 0 aliphatic rings. The summed E-state index contributed by atoms with van der Waals surface area (Å²) in [6.45, 7) is 9.62. The molecule has 0 radical (unpaired) electrons. The fourth-order valence-corrected chi connectivity index (χ4v) is 4.10. The summed E-state index contributed by atoms with van der Waals surface area (Å²) in [5, 5.41) is 4.83. The van der Waals surface area contributed by atoms with Crippen molar-refractivity contribution in [3.8, 4) is 0 Å². The van der Waals surface area contributed by atoms with Gasteiger partial charge in [0.25, 0.3) is 0 Å². The number of hydrogen-bond donors (Lipinski definition) is 1. The lowest BCUT2D eigenvalue weighted by Gasteiger charge is -2.14. The highest BCUT2D eigenvalue weighted by Gasteiger charge is 2.16. The van der Waals surface area contributed by atoms with Gasteiger partial charge in [0.2, 0.25) is 0 Å². The maximum atomic E-state index is 4.67. The largest absolute Gasteiger partial charge is 0.309 e. The zero-order chi connectivity index (χ0) is 13.8. The number of aromatic nitrogens is 1. The molecule has 0 fully saturated rings. The molecule has 2 aromatic rings. The molecule has 104 valence electrons. The second-order valence-corrected chi connectivity index (χ2v) is 7.21. The van der Waals surface area contributed by atoms with Gasteiger partial charge in [-0.3, -0.25) is 0 Å². The second-order valence-electron chi connectivity index (χ2n) is 4.72. The molecule has 0 aromatic carbocycles. The third-order valence-electron chi connectivity index (χ3n) is 3.28. The van der Waals surface area contributed by atoms with Crippen LogP contribution in [0.15, 0.2) is 12.1 Å². The molecule has 2 rings (SSSR count). The SMILES string of the molecule is CCNC(Cc1nc(C)c(C)s1)c1ccc(CC)s1. The molecule has 0 aliphatic carbocycles. The van der Waals surface area contributed by atoms with Crippen LogP contribution in [-0.4, -0.2) is 11.5 Å². The Hall–Kier alpha value is -0.710. The Morgan fingerprint density at radius 1 is 1.21 bits per heavy atom. The molecule has 0 aliphatic heterocycles. The van der Waals surface area contributed by atoms with E-state index in [-0.39, 0.29) is 0 Å². The van der Waals surface area contributed by atoms with E-state index in [4.69, 9.17) is 0 Å². The molecular formula is C15H22N2S2. The Balaban J connectivity index is 2.15. The van der Waals surface area contributed by atoms with E-state index in [1.807, 2.05) is 22.7 Å². The van der Waals surface area contributed by atoms with Gasteiger partial charge in [0.05, 0.1) is 10.7 Å². The number of nitrogens with zero attached hydrogens (tertiary/aromatic N) is 1. The van der Waals surface area contributed by atoms with E-state index in [1.165, 1.54) is 25.3 Å². The number of nitrogens with one attached hydrogen (secondary N) is 1. The Morgan fingerprint density at radius 3 is 2.53 bits per heavy atom. The van der Waals surface area contributed by atoms with Gasteiger partial charge in [-0.1, -0.05) is 13.8 Å². The number of thiophene rings is 1. The first-order valence-corrected chi connectivity index (χ1v) is 8.52. The van der Waals surface area contributed by atoms with E-state index < -0.39 is 0 Å². The molecular weight excluding hydrogens is 272 g/mol. The summed E-state index contributed by atoms with van der Waals surface area (Å²) in [5.41, 5.74) is 1.18. The van der Waals surface area contributed by atoms with Crippen LogP contribution in [0.4, 0.5) is 0 Å². The third kappa shape index (κ3) is 3.65. The van der Waals surface area contributed by atoms with Crippen molar-refractivity contribution in [1.29, 1.82) is 0 Å². The summed E-state index contributed by atoms with van der Waals surface area (Å²) in [4.78, 5) is 8.90. The van der Waals surface area contributed by atoms with Crippen LogP contribution in [0.5, 0.6) is 0 Å². The standard InChI is InChI=1S/C15H22N2S2/c1-5-12-7-8-14(19-12)13(16-6-2)9-15-17-10(3)11(4)18-15/h7-8,13,16H,5-6,9H2,1-4H3. The van der Waals surface area contributed by atoms with Crippen LogP contribution in [0, 0.1) is 13.8 Å². The van der Waals surface area contributed by atoms with E-state index in [1.54, 1.807) is 0 Å². The molecule has 2 aromatic heterocycles. The first-order valence-electron chi connectivity index (χ1n) is 6.88. The van der Waals surface area contributed by atoms with Crippen LogP contribution in [0.25, 0.3) is 0 Å². The summed E-state index contributed by atoms with van der Waals surface area (Å²) in [6.07, 6.45) is 2.12. The lowest BCUT2D eigenvalue weighted by molar-refractivity contribution is 0.556. The summed E-state index contributed by atoms with van der Waals surface area (Å²) < 4.78 is 0. The van der Waals surface area contributed by atoms with Crippen LogP contribution in [-0.2, 0) is 12.8 Å². The van der Waals surface area contributed by atoms with Crippen molar-refractivity contribution >= 4 is 22.7 Å². The Kier molecular flexibility index (Phi) is 5.13. The quantitative estimate of drug-likeness (QED) is 0.860. The molecule has 0 bridgehead atoms. The zero-order valence-electron chi connectivity index (χ0n) is 12.1. The molecule has 1 atom stereocenters. The molecule has 1 unspecified atom stereocenters. The molecule has 0 spiro atoms. The van der Waals surface area contributed by atoms with Crippen molar-refractivity contribution in [2.45, 2.75) is 46.6 Å². The number of hydrogen-bond acceptors (Lipinski definition) is 4. The van der Waals surface area contributed by atoms with E-state index >= 15 is 0 Å². The van der Waals surface area contributed by atoms with Crippen LogP contribution in [0.3, 0.4) is 0 Å². The highest BCUT2D eigenvalue weighted by molar-refractivity contribution is 7.12. The van der Waals surface area contributed by atoms with Gasteiger partial charge in [0, 0.05) is 27.1 Å². The summed E-state index contributed by atoms with van der Waals surface area (Å²) in [7, 11) is 0. The minimum atomic E-state index is 0.403. The first-order chi connectivity index (χ1) is 9.13. The highest BCUT2D eigenvalue weighted by Crippen LogP contribution is 2.28. The van der Waals surface area contributed by atoms with Gasteiger partial charge < -0.3 is 5.32 Å². The second kappa shape index (κ2) is 6.64. The van der Waals surface area contributed by atoms with Gasteiger partial charge in [-0.25, -0.2) is 4.98 Å². The third-order valence-corrected chi connectivity index (χ3v) is 5.71. The van der Waals surface area contributed by atoms with Crippen molar-refractivity contribution < 1.29 is 0 Å². The minimum Gasteiger partial charge on any atom is -0.309 e. The molecule has 2 heterocycles. The molecule has 2 nitrogen and oxygen atoms in total. The summed E-state index contributed by atoms with van der Waals surface area (Å²) in [6, 6.07) is 4.92. The smallest absolute Gasteiger partial charge is 0.0950 e. The van der Waals surface area contributed by atoms with Crippen LogP contribution >= 0.6 is 22.7 Å². The van der Waals surface area contributed by atoms with Gasteiger partial charge in [-0.05, 0) is 38.9 Å². The average Bonchev–Trinajstić information content (AvgIpc) is 2.97. The predicted molar refractivity (Wildman–Crippen MR) is 85.4 cm³/mol. The van der Waals surface area contributed by atoms with Crippen molar-refractivity contribution in [1.82, 2.24) is 10.3 Å². The molecule has 19 heavy (non-hydrogen) atoms. The molecule has 0 amide bonds. The highest BCUT2D eigenvalue weighted by atomic mass is 32.1. The van der Waals surface area contributed by atoms with Gasteiger partial charge in [0.15, 0.2) is 0 Å². The van der Waals surface area contributed by atoms with Gasteiger partial charge in [0.1, 0.15) is 0 Å². The predicted octanol–water partition coefficient (Wildman–Crippen LogP) is 4.28. The normalized spacial score (nSPS) is 12.8. The first kappa shape index (κ1) is 14.7. The fraction of sp³-hybridized carbons (Fsp3) is 0.533. The fourth-order valence-electron chi connectivity index (χ4n) is 2.09. The van der Waals surface area contributed by atoms with Gasteiger partial charge in [-0.15, -0.1) is 22.7 Å². The van der Waals surface area contributed by atoms with Gasteiger partial charge in [-0.2, -0.15) is 0 Å². The Bertz CT molecular complexity index is 508. The number of rotatable bonds is 6. The van der Waals surface area contributed by atoms with Crippen molar-refractivity contribution in [3.05, 3.63) is 37.5 Å². The van der Waals surface area contributed by atoms with Crippen molar-refractivity contribution in [2.24, 2.45) is 0 Å². The molecule has 1 N–H and O–H groups in total. The average molecular weight is 294 g/mol. The van der Waals surface area contributed by atoms with Gasteiger partial charge >= 0.3 is 0 Å². The Morgan fingerprint density at radius 2 is 2.00 bits per heavy atom. The maximum Gasteiger partial charge on any atom is 0.0950 e. The van der Waals surface area contributed by atoms with E-state index in [0.717, 1.165) is 19.4 Å². The molecule has 0 saturated carbocycles. The van der Waals surface area contributed by atoms with Crippen molar-refractivity contribution in [3.63, 3.8) is 0 Å². The van der Waals surface area contributed by atoms with Crippen LogP contribution < -0.4 is 5.32 Å². The molecule has 0 saturated heterocycles. The van der Waals surface area contributed by atoms with E-state index in [0.29, 0.717) is 6.04 Å². The number of aryl methyl sites for hydroxylation is 3. The zero-order valence-corrected chi connectivity index (χ0v) is 13.8. The maximum absolute atomic E-state index is 4.67.